The van der Waals surface area contributed by atoms with Crippen LogP contribution in [0, 0.1) is 0 Å². The zero-order chi connectivity index (χ0) is 26.2. The van der Waals surface area contributed by atoms with Crippen molar-refractivity contribution < 1.29 is 18.7 Å². The molecular weight excluding hydrogens is 500 g/mol. The second kappa shape index (κ2) is 9.88. The van der Waals surface area contributed by atoms with Gasteiger partial charge in [-0.15, -0.1) is 0 Å². The molecule has 0 bridgehead atoms. The molecule has 0 fully saturated rings. The van der Waals surface area contributed by atoms with E-state index in [9.17, 15) is 9.59 Å². The van der Waals surface area contributed by atoms with Crippen molar-refractivity contribution in [3.05, 3.63) is 124 Å². The van der Waals surface area contributed by atoms with E-state index in [4.69, 9.17) is 20.8 Å². The van der Waals surface area contributed by atoms with Gasteiger partial charge >= 0.3 is 0 Å². The number of amides is 1. The van der Waals surface area contributed by atoms with Crippen LogP contribution in [0.3, 0.4) is 0 Å². The Kier molecular flexibility index (Phi) is 6.26. The van der Waals surface area contributed by atoms with Crippen molar-refractivity contribution in [3.63, 3.8) is 0 Å². The number of ether oxygens (including phenoxy) is 1. The number of methoxy groups -OCH3 is 1. The molecule has 1 aromatic heterocycles. The van der Waals surface area contributed by atoms with Crippen LogP contribution >= 0.6 is 11.6 Å². The summed E-state index contributed by atoms with van der Waals surface area (Å²) in [5.41, 5.74) is 3.93. The molecule has 3 aromatic carbocycles. The molecule has 0 unspecified atom stereocenters. The van der Waals surface area contributed by atoms with E-state index in [1.165, 1.54) is 0 Å². The summed E-state index contributed by atoms with van der Waals surface area (Å²) in [4.78, 5) is 30.0. The molecule has 0 spiro atoms. The van der Waals surface area contributed by atoms with Gasteiger partial charge in [-0.2, -0.15) is 0 Å². The molecule has 4 aromatic rings. The Hall–Kier alpha value is -4.29. The van der Waals surface area contributed by atoms with Crippen LogP contribution in [0.5, 0.6) is 5.75 Å². The third-order valence-corrected chi connectivity index (χ3v) is 7.43. The van der Waals surface area contributed by atoms with Crippen molar-refractivity contribution in [1.29, 1.82) is 0 Å². The number of carbonyl (C=O) groups is 2. The summed E-state index contributed by atoms with van der Waals surface area (Å²) in [6, 6.07) is 25.0. The summed E-state index contributed by atoms with van der Waals surface area (Å²) >= 11 is 6.13. The first-order valence-corrected chi connectivity index (χ1v) is 12.8. The minimum Gasteiger partial charge on any atom is -0.496 e. The normalized spacial score (nSPS) is 18.8. The predicted molar refractivity (Wildman–Crippen MR) is 147 cm³/mol. The Morgan fingerprint density at radius 1 is 0.974 bits per heavy atom. The summed E-state index contributed by atoms with van der Waals surface area (Å²) < 4.78 is 11.4. The van der Waals surface area contributed by atoms with Crippen LogP contribution in [0.25, 0.3) is 0 Å². The fourth-order valence-electron chi connectivity index (χ4n) is 5.46. The minimum absolute atomic E-state index is 0.0437. The maximum Gasteiger partial charge on any atom is 0.259 e. The lowest BCUT2D eigenvalue weighted by atomic mass is 9.79. The Morgan fingerprint density at radius 2 is 1.74 bits per heavy atom. The number of allylic oxidation sites excluding steroid dienone is 1. The van der Waals surface area contributed by atoms with E-state index in [-0.39, 0.29) is 24.0 Å². The lowest BCUT2D eigenvalue weighted by molar-refractivity contribution is -0.116. The minimum atomic E-state index is -0.717. The lowest BCUT2D eigenvalue weighted by Gasteiger charge is -2.35. The van der Waals surface area contributed by atoms with Gasteiger partial charge in [0, 0.05) is 39.8 Å². The average Bonchev–Trinajstić information content (AvgIpc) is 3.43. The van der Waals surface area contributed by atoms with E-state index in [0.29, 0.717) is 34.0 Å². The van der Waals surface area contributed by atoms with Gasteiger partial charge in [-0.3, -0.25) is 14.5 Å². The number of furan rings is 1. The summed E-state index contributed by atoms with van der Waals surface area (Å²) in [6.45, 7) is 0. The smallest absolute Gasteiger partial charge is 0.259 e. The summed E-state index contributed by atoms with van der Waals surface area (Å²) in [5, 5.41) is 4.07. The molecule has 6 rings (SSSR count). The highest BCUT2D eigenvalue weighted by molar-refractivity contribution is 6.30. The molecule has 0 radical (unpaired) electrons. The van der Waals surface area contributed by atoms with Gasteiger partial charge in [-0.05, 0) is 61.0 Å². The van der Waals surface area contributed by atoms with Gasteiger partial charge < -0.3 is 14.5 Å². The van der Waals surface area contributed by atoms with Crippen molar-refractivity contribution in [2.45, 2.75) is 24.8 Å². The second-order valence-corrected chi connectivity index (χ2v) is 9.84. The van der Waals surface area contributed by atoms with Gasteiger partial charge in [0.05, 0.1) is 30.8 Å². The van der Waals surface area contributed by atoms with Crippen LogP contribution in [0.1, 0.15) is 46.5 Å². The van der Waals surface area contributed by atoms with Crippen molar-refractivity contribution in [2.75, 3.05) is 17.3 Å². The fraction of sp³-hybridized carbons (Fsp3) is 0.161. The Balaban J connectivity index is 1.60. The van der Waals surface area contributed by atoms with Crippen molar-refractivity contribution >= 4 is 34.7 Å². The Labute approximate surface area is 225 Å². The largest absolute Gasteiger partial charge is 0.496 e. The van der Waals surface area contributed by atoms with Gasteiger partial charge in [0.1, 0.15) is 11.5 Å². The monoisotopic (exact) mass is 524 g/mol. The number of nitrogens with one attached hydrogen (secondary N) is 1. The molecule has 0 saturated heterocycles. The van der Waals surface area contributed by atoms with Gasteiger partial charge in [0.15, 0.2) is 5.78 Å². The number of rotatable bonds is 4. The molecule has 7 heteroatoms. The van der Waals surface area contributed by atoms with Crippen LogP contribution in [0.2, 0.25) is 5.02 Å². The third kappa shape index (κ3) is 4.17. The zero-order valence-electron chi connectivity index (χ0n) is 20.7. The van der Waals surface area contributed by atoms with E-state index < -0.39 is 6.04 Å². The second-order valence-electron chi connectivity index (χ2n) is 9.40. The number of Topliss-reactive ketones (excluding diaryl/α,β-unsaturated/α-hetero) is 1. The van der Waals surface area contributed by atoms with E-state index >= 15 is 0 Å². The number of nitrogens with zero attached hydrogens (tertiary/aromatic N) is 1. The summed E-state index contributed by atoms with van der Waals surface area (Å²) in [5.74, 6) is 0.970. The highest BCUT2D eigenvalue weighted by Gasteiger charge is 2.43. The molecule has 1 aliphatic heterocycles. The van der Waals surface area contributed by atoms with Gasteiger partial charge in [0.2, 0.25) is 0 Å². The molecule has 6 nitrogen and oxygen atoms in total. The van der Waals surface area contributed by atoms with Crippen molar-refractivity contribution in [3.8, 4) is 5.75 Å². The number of fused-ring (bicyclic) bond motifs is 1. The summed E-state index contributed by atoms with van der Waals surface area (Å²) in [7, 11) is 1.60. The quantitative estimate of drug-likeness (QED) is 0.307. The first-order chi connectivity index (χ1) is 18.5. The average molecular weight is 525 g/mol. The van der Waals surface area contributed by atoms with Gasteiger partial charge in [-0.1, -0.05) is 41.9 Å². The number of benzene rings is 3. The molecule has 1 amide bonds. The highest BCUT2D eigenvalue weighted by atomic mass is 35.5. The molecule has 2 aliphatic rings. The van der Waals surface area contributed by atoms with Crippen molar-refractivity contribution in [1.82, 2.24) is 0 Å². The molecule has 2 heterocycles. The van der Waals surface area contributed by atoms with Gasteiger partial charge in [0.25, 0.3) is 5.91 Å². The lowest BCUT2D eigenvalue weighted by Crippen LogP contribution is -2.38. The molecule has 190 valence electrons. The number of hydrogen-bond donors (Lipinski definition) is 1. The standard InChI is InChI=1S/C31H25ClN2O4/c1-37-28-10-5-2-7-22(28)30-29-24(17-20(18-26(29)35)27-11-6-16-38-27)33-23-8-3-4-9-25(23)34(30)31(36)19-12-14-21(32)15-13-19/h2-16,20,30,33H,17-18H2,1H3/t20-,30-/m1/s1. The topological polar surface area (TPSA) is 71.8 Å². The highest BCUT2D eigenvalue weighted by Crippen LogP contribution is 2.49. The molecule has 38 heavy (non-hydrogen) atoms. The number of hydrogen-bond acceptors (Lipinski definition) is 5. The maximum atomic E-state index is 14.3. The number of carbonyl (C=O) groups excluding carboxylic acids is 2. The molecule has 0 saturated carbocycles. The zero-order valence-corrected chi connectivity index (χ0v) is 21.4. The van der Waals surface area contributed by atoms with E-state index in [0.717, 1.165) is 22.7 Å². The molecule has 1 N–H and O–H groups in total. The van der Waals surface area contributed by atoms with E-state index in [1.54, 1.807) is 42.5 Å². The molecule has 1 aliphatic carbocycles. The van der Waals surface area contributed by atoms with E-state index in [2.05, 4.69) is 5.32 Å². The van der Waals surface area contributed by atoms with Crippen LogP contribution < -0.4 is 15.0 Å². The summed E-state index contributed by atoms with van der Waals surface area (Å²) in [6.07, 6.45) is 2.47. The molecule has 2 atom stereocenters. The van der Waals surface area contributed by atoms with E-state index in [1.807, 2.05) is 60.7 Å². The third-order valence-electron chi connectivity index (χ3n) is 7.18. The van der Waals surface area contributed by atoms with Gasteiger partial charge in [-0.25, -0.2) is 0 Å². The maximum absolute atomic E-state index is 14.3. The predicted octanol–water partition coefficient (Wildman–Crippen LogP) is 7.16. The Bertz CT molecular complexity index is 1540. The SMILES string of the molecule is COc1ccccc1[C@@H]1C2=C(C[C@@H](c3ccco3)CC2=O)Nc2ccccc2N1C(=O)c1ccc(Cl)cc1. The van der Waals surface area contributed by atoms with Crippen LogP contribution in [-0.4, -0.2) is 18.8 Å². The number of para-hydroxylation sites is 3. The first-order valence-electron chi connectivity index (χ1n) is 12.4. The van der Waals surface area contributed by atoms with Crippen LogP contribution in [0.15, 0.2) is 107 Å². The molecular formula is C31H25ClN2O4. The van der Waals surface area contributed by atoms with Crippen LogP contribution in [0.4, 0.5) is 11.4 Å². The number of ketones is 1. The Morgan fingerprint density at radius 3 is 2.50 bits per heavy atom. The number of anilines is 2. The van der Waals surface area contributed by atoms with Crippen LogP contribution in [-0.2, 0) is 4.79 Å². The fourth-order valence-corrected chi connectivity index (χ4v) is 5.58. The van der Waals surface area contributed by atoms with Crippen molar-refractivity contribution in [2.24, 2.45) is 0 Å². The first kappa shape index (κ1) is 24.1. The number of halogens is 1.